The molecule has 0 saturated heterocycles. The predicted molar refractivity (Wildman–Crippen MR) is 84.7 cm³/mol. The summed E-state index contributed by atoms with van der Waals surface area (Å²) in [6.07, 6.45) is 11.2. The molecule has 0 aromatic rings. The molecule has 0 saturated carbocycles. The van der Waals surface area contributed by atoms with Crippen LogP contribution >= 0.6 is 0 Å². The summed E-state index contributed by atoms with van der Waals surface area (Å²) in [6, 6.07) is 0. The van der Waals surface area contributed by atoms with Crippen LogP contribution in [-0.4, -0.2) is 0 Å². The van der Waals surface area contributed by atoms with Gasteiger partial charge in [-0.1, -0.05) is 60.3 Å². The molecule has 0 unspecified atom stereocenters. The summed E-state index contributed by atoms with van der Waals surface area (Å²) in [6.45, 7) is 18.4. The smallest absolute Gasteiger partial charge is 0.00316 e. The van der Waals surface area contributed by atoms with Crippen LogP contribution in [0.5, 0.6) is 0 Å². The third-order valence-corrected chi connectivity index (χ3v) is 2.71. The molecule has 0 radical (unpaired) electrons. The van der Waals surface area contributed by atoms with Crippen LogP contribution in [0.25, 0.3) is 0 Å². The van der Waals surface area contributed by atoms with Gasteiger partial charge in [0, 0.05) is 0 Å². The largest absolute Gasteiger partial charge is 0.0991 e. The molecular formula is C18H26. The first kappa shape index (κ1) is 16.4. The van der Waals surface area contributed by atoms with E-state index in [9.17, 15) is 0 Å². The summed E-state index contributed by atoms with van der Waals surface area (Å²) in [4.78, 5) is 0. The number of hydrogen-bond acceptors (Lipinski definition) is 0. The molecule has 0 N–H and O–H groups in total. The van der Waals surface area contributed by atoms with E-state index in [-0.39, 0.29) is 0 Å². The van der Waals surface area contributed by atoms with Crippen molar-refractivity contribution in [3.05, 3.63) is 71.4 Å². The molecule has 18 heavy (non-hydrogen) atoms. The highest BCUT2D eigenvalue weighted by Crippen LogP contribution is 2.18. The maximum absolute atomic E-state index is 4.13. The zero-order valence-electron chi connectivity index (χ0n) is 12.5. The topological polar surface area (TPSA) is 0 Å². The average molecular weight is 242 g/mol. The minimum Gasteiger partial charge on any atom is -0.0991 e. The van der Waals surface area contributed by atoms with Gasteiger partial charge in [-0.15, -0.1) is 0 Å². The van der Waals surface area contributed by atoms with Crippen molar-refractivity contribution in [3.8, 4) is 0 Å². The van der Waals surface area contributed by atoms with Gasteiger partial charge in [0.25, 0.3) is 0 Å². The molecule has 0 aliphatic rings. The molecule has 0 aliphatic heterocycles. The molecule has 0 bridgehead atoms. The highest BCUT2D eigenvalue weighted by atomic mass is 14.0. The summed E-state index contributed by atoms with van der Waals surface area (Å²) in [5.74, 6) is 0. The highest BCUT2D eigenvalue weighted by molar-refractivity contribution is 5.38. The second kappa shape index (κ2) is 8.52. The van der Waals surface area contributed by atoms with Gasteiger partial charge in [-0.25, -0.2) is 0 Å². The van der Waals surface area contributed by atoms with E-state index in [1.54, 1.807) is 0 Å². The van der Waals surface area contributed by atoms with E-state index < -0.39 is 0 Å². The number of hydrogen-bond donors (Lipinski definition) is 0. The van der Waals surface area contributed by atoms with Crippen LogP contribution in [0.4, 0.5) is 0 Å². The second-order valence-electron chi connectivity index (χ2n) is 4.83. The number of rotatable bonds is 6. The average Bonchev–Trinajstić information content (AvgIpc) is 2.26. The van der Waals surface area contributed by atoms with Crippen LogP contribution < -0.4 is 0 Å². The molecule has 0 heterocycles. The molecule has 0 heteroatoms. The Morgan fingerprint density at radius 3 is 2.06 bits per heavy atom. The first-order valence-corrected chi connectivity index (χ1v) is 6.36. The van der Waals surface area contributed by atoms with Gasteiger partial charge >= 0.3 is 0 Å². The van der Waals surface area contributed by atoms with Crippen molar-refractivity contribution >= 4 is 0 Å². The van der Waals surface area contributed by atoms with Crippen LogP contribution in [0, 0.1) is 0 Å². The summed E-state index contributed by atoms with van der Waals surface area (Å²) < 4.78 is 0. The van der Waals surface area contributed by atoms with E-state index in [1.807, 2.05) is 12.2 Å². The SMILES string of the molecule is C=C/C=C(\C=C(C)C)CC(=C)/C=C(C)\C(C)=C/C. The van der Waals surface area contributed by atoms with E-state index in [0.29, 0.717) is 0 Å². The third-order valence-electron chi connectivity index (χ3n) is 2.71. The van der Waals surface area contributed by atoms with Crippen LogP contribution in [0.2, 0.25) is 0 Å². The molecule has 0 aliphatic carbocycles. The van der Waals surface area contributed by atoms with Crippen molar-refractivity contribution in [2.24, 2.45) is 0 Å². The fraction of sp³-hybridized carbons (Fsp3) is 0.333. The van der Waals surface area contributed by atoms with Gasteiger partial charge in [-0.05, 0) is 52.2 Å². The van der Waals surface area contributed by atoms with Gasteiger partial charge in [0.1, 0.15) is 0 Å². The van der Waals surface area contributed by atoms with Crippen LogP contribution in [0.15, 0.2) is 71.4 Å². The van der Waals surface area contributed by atoms with Crippen LogP contribution in [-0.2, 0) is 0 Å². The first-order valence-electron chi connectivity index (χ1n) is 6.36. The maximum atomic E-state index is 4.13. The van der Waals surface area contributed by atoms with E-state index in [0.717, 1.165) is 12.0 Å². The predicted octanol–water partition coefficient (Wildman–Crippen LogP) is 5.92. The Hall–Kier alpha value is -1.56. The van der Waals surface area contributed by atoms with Gasteiger partial charge in [-0.2, -0.15) is 0 Å². The molecule has 0 aromatic carbocycles. The summed E-state index contributed by atoms with van der Waals surface area (Å²) in [5, 5.41) is 0. The monoisotopic (exact) mass is 242 g/mol. The van der Waals surface area contributed by atoms with Gasteiger partial charge in [0.2, 0.25) is 0 Å². The van der Waals surface area contributed by atoms with Gasteiger partial charge in [0.05, 0.1) is 0 Å². The lowest BCUT2D eigenvalue weighted by atomic mass is 10.00. The molecular weight excluding hydrogens is 216 g/mol. The Balaban J connectivity index is 4.89. The minimum absolute atomic E-state index is 0.867. The first-order chi connectivity index (χ1) is 8.40. The Labute approximate surface area is 113 Å². The zero-order valence-corrected chi connectivity index (χ0v) is 12.5. The Kier molecular flexibility index (Phi) is 7.78. The standard InChI is InChI=1S/C18H26/c1-8-10-18(11-14(3)4)13-15(5)12-17(7)16(6)9-2/h8-12H,1,5,13H2,2-4,6-7H3/b16-9-,17-12-,18-10+. The molecule has 0 atom stereocenters. The van der Waals surface area contributed by atoms with Crippen molar-refractivity contribution in [1.29, 1.82) is 0 Å². The molecule has 0 spiro atoms. The summed E-state index contributed by atoms with van der Waals surface area (Å²) in [7, 11) is 0. The van der Waals surface area contributed by atoms with Gasteiger partial charge in [-0.3, -0.25) is 0 Å². The van der Waals surface area contributed by atoms with Gasteiger partial charge in [0.15, 0.2) is 0 Å². The van der Waals surface area contributed by atoms with Gasteiger partial charge < -0.3 is 0 Å². The van der Waals surface area contributed by atoms with Crippen LogP contribution in [0.3, 0.4) is 0 Å². The van der Waals surface area contributed by atoms with E-state index >= 15 is 0 Å². The molecule has 0 fully saturated rings. The lowest BCUT2D eigenvalue weighted by molar-refractivity contribution is 1.18. The van der Waals surface area contributed by atoms with Crippen LogP contribution in [0.1, 0.15) is 41.0 Å². The zero-order chi connectivity index (χ0) is 14.1. The summed E-state index contributed by atoms with van der Waals surface area (Å²) in [5.41, 5.74) is 6.24. The van der Waals surface area contributed by atoms with Crippen molar-refractivity contribution in [2.45, 2.75) is 41.0 Å². The summed E-state index contributed by atoms with van der Waals surface area (Å²) >= 11 is 0. The minimum atomic E-state index is 0.867. The van der Waals surface area contributed by atoms with E-state index in [2.05, 4.69) is 66.0 Å². The van der Waals surface area contributed by atoms with Crippen molar-refractivity contribution in [1.82, 2.24) is 0 Å². The second-order valence-corrected chi connectivity index (χ2v) is 4.83. The van der Waals surface area contributed by atoms with E-state index in [4.69, 9.17) is 0 Å². The van der Waals surface area contributed by atoms with Crippen molar-refractivity contribution in [3.63, 3.8) is 0 Å². The number of allylic oxidation sites excluding steroid dienone is 10. The fourth-order valence-electron chi connectivity index (χ4n) is 1.64. The Bertz CT molecular complexity index is 419. The molecule has 0 rings (SSSR count). The molecule has 98 valence electrons. The van der Waals surface area contributed by atoms with Crippen molar-refractivity contribution in [2.75, 3.05) is 0 Å². The lowest BCUT2D eigenvalue weighted by Gasteiger charge is -2.06. The van der Waals surface area contributed by atoms with Crippen molar-refractivity contribution < 1.29 is 0 Å². The van der Waals surface area contributed by atoms with E-state index in [1.165, 1.54) is 22.3 Å². The molecule has 0 nitrogen and oxygen atoms in total. The Morgan fingerprint density at radius 1 is 1.00 bits per heavy atom. The molecule has 0 aromatic heterocycles. The molecule has 0 amide bonds. The maximum Gasteiger partial charge on any atom is -0.00316 e. The fourth-order valence-corrected chi connectivity index (χ4v) is 1.64. The normalized spacial score (nSPS) is 13.3. The third kappa shape index (κ3) is 6.90. The quantitative estimate of drug-likeness (QED) is 0.507. The Morgan fingerprint density at radius 2 is 1.61 bits per heavy atom. The lowest BCUT2D eigenvalue weighted by Crippen LogP contribution is -1.86. The highest BCUT2D eigenvalue weighted by Gasteiger charge is 1.98.